The van der Waals surface area contributed by atoms with Crippen LogP contribution in [0.4, 0.5) is 0 Å². The fourth-order valence-electron chi connectivity index (χ4n) is 1.98. The van der Waals surface area contributed by atoms with E-state index in [1.165, 1.54) is 7.11 Å². The van der Waals surface area contributed by atoms with Crippen LogP contribution in [0.5, 0.6) is 11.5 Å². The van der Waals surface area contributed by atoms with Gasteiger partial charge in [0, 0.05) is 0 Å². The van der Waals surface area contributed by atoms with Gasteiger partial charge >= 0.3 is 10.1 Å². The summed E-state index contributed by atoms with van der Waals surface area (Å²) in [6.45, 7) is 5.47. The number of rotatable bonds is 4. The van der Waals surface area contributed by atoms with E-state index >= 15 is 0 Å². The van der Waals surface area contributed by atoms with Crippen LogP contribution in [0.15, 0.2) is 41.3 Å². The maximum absolute atomic E-state index is 12.4. The van der Waals surface area contributed by atoms with Crippen molar-refractivity contribution in [2.75, 3.05) is 7.11 Å². The molecule has 0 radical (unpaired) electrons. The Morgan fingerprint density at radius 3 is 2.14 bits per heavy atom. The Labute approximate surface area is 125 Å². The normalized spacial score (nSPS) is 11.2. The number of hydrogen-bond donors (Lipinski definition) is 0. The Balaban J connectivity index is 2.45. The number of hydrogen-bond acceptors (Lipinski definition) is 4. The van der Waals surface area contributed by atoms with E-state index in [4.69, 9.17) is 8.92 Å². The molecule has 2 aromatic carbocycles. The summed E-state index contributed by atoms with van der Waals surface area (Å²) < 4.78 is 35.3. The summed E-state index contributed by atoms with van der Waals surface area (Å²) in [5.74, 6) is 0.577. The van der Waals surface area contributed by atoms with Crippen molar-refractivity contribution >= 4 is 10.1 Å². The van der Waals surface area contributed by atoms with Gasteiger partial charge in [0.2, 0.25) is 0 Å². The molecule has 0 atom stereocenters. The van der Waals surface area contributed by atoms with Crippen molar-refractivity contribution in [3.8, 4) is 11.5 Å². The van der Waals surface area contributed by atoms with Crippen LogP contribution in [0.3, 0.4) is 0 Å². The second-order valence-electron chi connectivity index (χ2n) is 4.96. The molecule has 0 fully saturated rings. The third-order valence-corrected chi connectivity index (χ3v) is 4.51. The fourth-order valence-corrected chi connectivity index (χ4v) is 3.24. The zero-order chi connectivity index (χ0) is 15.6. The Morgan fingerprint density at radius 1 is 0.857 bits per heavy atom. The molecule has 0 heterocycles. The predicted octanol–water partition coefficient (Wildman–Crippen LogP) is 3.39. The highest BCUT2D eigenvalue weighted by molar-refractivity contribution is 7.87. The summed E-state index contributed by atoms with van der Waals surface area (Å²) in [6, 6.07) is 10.3. The highest BCUT2D eigenvalue weighted by Crippen LogP contribution is 2.31. The third kappa shape index (κ3) is 3.36. The summed E-state index contributed by atoms with van der Waals surface area (Å²) in [6.07, 6.45) is 0. The molecule has 0 aliphatic rings. The first-order valence-corrected chi connectivity index (χ1v) is 7.90. The van der Waals surface area contributed by atoms with Gasteiger partial charge in [-0.3, -0.25) is 0 Å². The monoisotopic (exact) mass is 306 g/mol. The van der Waals surface area contributed by atoms with Crippen molar-refractivity contribution in [2.45, 2.75) is 25.7 Å². The van der Waals surface area contributed by atoms with E-state index in [0.717, 1.165) is 11.1 Å². The van der Waals surface area contributed by atoms with Crippen LogP contribution in [-0.4, -0.2) is 15.5 Å². The zero-order valence-corrected chi connectivity index (χ0v) is 13.3. The molecular formula is C16H18O4S. The number of methoxy groups -OCH3 is 1. The molecule has 5 heteroatoms. The Hall–Kier alpha value is -2.01. The van der Waals surface area contributed by atoms with E-state index in [0.29, 0.717) is 11.3 Å². The minimum atomic E-state index is -3.89. The van der Waals surface area contributed by atoms with Crippen molar-refractivity contribution in [1.82, 2.24) is 0 Å². The van der Waals surface area contributed by atoms with E-state index in [9.17, 15) is 8.42 Å². The van der Waals surface area contributed by atoms with Crippen LogP contribution in [0.1, 0.15) is 16.7 Å². The zero-order valence-electron chi connectivity index (χ0n) is 12.5. The van der Waals surface area contributed by atoms with Gasteiger partial charge in [0.15, 0.2) is 11.5 Å². The molecule has 0 unspecified atom stereocenters. The van der Waals surface area contributed by atoms with Gasteiger partial charge in [-0.15, -0.1) is 0 Å². The van der Waals surface area contributed by atoms with Crippen molar-refractivity contribution in [2.24, 2.45) is 0 Å². The van der Waals surface area contributed by atoms with Gasteiger partial charge in [-0.05, 0) is 55.7 Å². The van der Waals surface area contributed by atoms with E-state index in [1.54, 1.807) is 37.3 Å². The molecular weight excluding hydrogens is 288 g/mol. The maximum atomic E-state index is 12.4. The number of benzene rings is 2. The van der Waals surface area contributed by atoms with Gasteiger partial charge < -0.3 is 8.92 Å². The van der Waals surface area contributed by atoms with E-state index in [2.05, 4.69) is 0 Å². The average Bonchev–Trinajstić information content (AvgIpc) is 2.43. The lowest BCUT2D eigenvalue weighted by Crippen LogP contribution is -2.12. The van der Waals surface area contributed by atoms with Crippen LogP contribution in [-0.2, 0) is 10.1 Å². The average molecular weight is 306 g/mol. The highest BCUT2D eigenvalue weighted by Gasteiger charge is 2.21. The SMILES string of the molecule is COc1cc(C)ccc1OS(=O)(=O)c1cc(C)ccc1C. The summed E-state index contributed by atoms with van der Waals surface area (Å²) in [4.78, 5) is 0.171. The second kappa shape index (κ2) is 5.77. The first kappa shape index (κ1) is 15.4. The van der Waals surface area contributed by atoms with Crippen LogP contribution in [0.2, 0.25) is 0 Å². The minimum absolute atomic E-state index is 0.171. The lowest BCUT2D eigenvalue weighted by molar-refractivity contribution is 0.390. The number of aryl methyl sites for hydroxylation is 3. The Kier molecular flexibility index (Phi) is 4.23. The molecule has 0 aliphatic heterocycles. The summed E-state index contributed by atoms with van der Waals surface area (Å²) >= 11 is 0. The molecule has 2 aromatic rings. The van der Waals surface area contributed by atoms with Gasteiger partial charge in [0.1, 0.15) is 4.90 Å². The van der Waals surface area contributed by atoms with Gasteiger partial charge in [-0.1, -0.05) is 18.2 Å². The molecule has 0 aliphatic carbocycles. The van der Waals surface area contributed by atoms with Gasteiger partial charge in [0.05, 0.1) is 7.11 Å². The molecule has 0 bridgehead atoms. The lowest BCUT2D eigenvalue weighted by atomic mass is 10.2. The molecule has 2 rings (SSSR count). The van der Waals surface area contributed by atoms with Crippen LogP contribution in [0, 0.1) is 20.8 Å². The summed E-state index contributed by atoms with van der Waals surface area (Å²) in [5.41, 5.74) is 2.47. The molecule has 0 saturated heterocycles. The molecule has 21 heavy (non-hydrogen) atoms. The van der Waals surface area contributed by atoms with E-state index in [-0.39, 0.29) is 10.6 Å². The van der Waals surface area contributed by atoms with E-state index < -0.39 is 10.1 Å². The molecule has 4 nitrogen and oxygen atoms in total. The summed E-state index contributed by atoms with van der Waals surface area (Å²) in [5, 5.41) is 0. The molecule has 0 spiro atoms. The predicted molar refractivity (Wildman–Crippen MR) is 81.5 cm³/mol. The molecule has 0 saturated carbocycles. The maximum Gasteiger partial charge on any atom is 0.339 e. The van der Waals surface area contributed by atoms with Crippen molar-refractivity contribution < 1.29 is 17.3 Å². The van der Waals surface area contributed by atoms with Gasteiger partial charge in [-0.2, -0.15) is 8.42 Å². The minimum Gasteiger partial charge on any atom is -0.493 e. The van der Waals surface area contributed by atoms with Crippen LogP contribution >= 0.6 is 0 Å². The van der Waals surface area contributed by atoms with Crippen LogP contribution in [0.25, 0.3) is 0 Å². The largest absolute Gasteiger partial charge is 0.493 e. The fraction of sp³-hybridized carbons (Fsp3) is 0.250. The molecule has 0 aromatic heterocycles. The lowest BCUT2D eigenvalue weighted by Gasteiger charge is -2.13. The van der Waals surface area contributed by atoms with Crippen LogP contribution < -0.4 is 8.92 Å². The standard InChI is InChI=1S/C16H18O4S/c1-11-6-8-14(15(9-11)19-4)20-21(17,18)16-10-12(2)5-7-13(16)3/h5-10H,1-4H3. The first-order chi connectivity index (χ1) is 9.83. The third-order valence-electron chi connectivity index (χ3n) is 3.13. The Morgan fingerprint density at radius 2 is 1.48 bits per heavy atom. The quantitative estimate of drug-likeness (QED) is 0.813. The molecule has 0 N–H and O–H groups in total. The van der Waals surface area contributed by atoms with E-state index in [1.807, 2.05) is 19.9 Å². The summed E-state index contributed by atoms with van der Waals surface area (Å²) in [7, 11) is -2.41. The molecule has 112 valence electrons. The Bertz CT molecular complexity index is 764. The second-order valence-corrected chi connectivity index (χ2v) is 6.48. The van der Waals surface area contributed by atoms with Crippen molar-refractivity contribution in [3.63, 3.8) is 0 Å². The highest BCUT2D eigenvalue weighted by atomic mass is 32.2. The van der Waals surface area contributed by atoms with Gasteiger partial charge in [0.25, 0.3) is 0 Å². The van der Waals surface area contributed by atoms with Crippen molar-refractivity contribution in [3.05, 3.63) is 53.1 Å². The molecule has 0 amide bonds. The smallest absolute Gasteiger partial charge is 0.339 e. The topological polar surface area (TPSA) is 52.6 Å². The number of ether oxygens (including phenoxy) is 1. The van der Waals surface area contributed by atoms with Crippen molar-refractivity contribution in [1.29, 1.82) is 0 Å². The van der Waals surface area contributed by atoms with Gasteiger partial charge in [-0.25, -0.2) is 0 Å². The first-order valence-electron chi connectivity index (χ1n) is 6.50.